The highest BCUT2D eigenvalue weighted by Gasteiger charge is 2.50. The Morgan fingerprint density at radius 3 is 2.60 bits per heavy atom. The van der Waals surface area contributed by atoms with Crippen LogP contribution >= 0.6 is 11.3 Å². The smallest absolute Gasteiger partial charge is 0.338 e. The molecule has 0 bridgehead atoms. The van der Waals surface area contributed by atoms with Crippen molar-refractivity contribution in [2.75, 3.05) is 13.1 Å². The van der Waals surface area contributed by atoms with E-state index in [0.717, 1.165) is 12.1 Å². The fraction of sp³-hybridized carbons (Fsp3) is 0.429. The summed E-state index contributed by atoms with van der Waals surface area (Å²) in [4.78, 5) is 29.6. The van der Waals surface area contributed by atoms with Crippen molar-refractivity contribution in [2.24, 2.45) is 0 Å². The molecule has 1 aromatic heterocycles. The van der Waals surface area contributed by atoms with Gasteiger partial charge in [-0.3, -0.25) is 14.9 Å². The fourth-order valence-corrected chi connectivity index (χ4v) is 4.99. The summed E-state index contributed by atoms with van der Waals surface area (Å²) in [5.41, 5.74) is -0.944. The zero-order chi connectivity index (χ0) is 21.5. The highest BCUT2D eigenvalue weighted by molar-refractivity contribution is 7.12. The Morgan fingerprint density at radius 2 is 1.97 bits per heavy atom. The van der Waals surface area contributed by atoms with Crippen LogP contribution in [0.5, 0.6) is 0 Å². The molecule has 1 aromatic carbocycles. The van der Waals surface area contributed by atoms with Gasteiger partial charge in [0, 0.05) is 32.5 Å². The lowest BCUT2D eigenvalue weighted by atomic mass is 9.95. The van der Waals surface area contributed by atoms with Crippen LogP contribution in [0, 0.1) is 0 Å². The Labute approximate surface area is 176 Å². The largest absolute Gasteiger partial charge is 0.416 e. The highest BCUT2D eigenvalue weighted by Crippen LogP contribution is 2.35. The number of benzene rings is 1. The maximum Gasteiger partial charge on any atom is 0.416 e. The Morgan fingerprint density at radius 1 is 1.23 bits per heavy atom. The van der Waals surface area contributed by atoms with Crippen LogP contribution in [0.2, 0.25) is 0 Å². The average molecular weight is 437 g/mol. The molecule has 3 heterocycles. The van der Waals surface area contributed by atoms with E-state index in [4.69, 9.17) is 0 Å². The van der Waals surface area contributed by atoms with Crippen molar-refractivity contribution in [1.82, 2.24) is 15.1 Å². The second-order valence-corrected chi connectivity index (χ2v) is 8.74. The van der Waals surface area contributed by atoms with Crippen LogP contribution in [0.3, 0.4) is 0 Å². The number of hydrogen-bond acceptors (Lipinski definition) is 4. The summed E-state index contributed by atoms with van der Waals surface area (Å²) in [7, 11) is 0. The van der Waals surface area contributed by atoms with Crippen LogP contribution in [0.4, 0.5) is 13.2 Å². The van der Waals surface area contributed by atoms with Gasteiger partial charge in [-0.15, -0.1) is 11.3 Å². The Bertz CT molecular complexity index is 937. The van der Waals surface area contributed by atoms with Crippen LogP contribution in [0.15, 0.2) is 41.8 Å². The molecule has 0 saturated carbocycles. The van der Waals surface area contributed by atoms with Crippen LogP contribution in [-0.4, -0.2) is 46.4 Å². The van der Waals surface area contributed by atoms with Gasteiger partial charge in [-0.1, -0.05) is 18.2 Å². The third-order valence-electron chi connectivity index (χ3n) is 5.84. The first-order valence-electron chi connectivity index (χ1n) is 9.78. The second kappa shape index (κ2) is 7.70. The van der Waals surface area contributed by atoms with Crippen LogP contribution in [-0.2, 0) is 17.5 Å². The van der Waals surface area contributed by atoms with Crippen LogP contribution in [0.1, 0.15) is 40.6 Å². The lowest BCUT2D eigenvalue weighted by Gasteiger charge is -2.44. The number of carbonyl (C=O) groups is 2. The van der Waals surface area contributed by atoms with Crippen LogP contribution < -0.4 is 5.32 Å². The molecule has 30 heavy (non-hydrogen) atoms. The predicted octanol–water partition coefficient (Wildman–Crippen LogP) is 3.72. The van der Waals surface area contributed by atoms with Crippen molar-refractivity contribution in [3.8, 4) is 0 Å². The minimum atomic E-state index is -4.43. The molecule has 2 aliphatic heterocycles. The minimum Gasteiger partial charge on any atom is -0.338 e. The van der Waals surface area contributed by atoms with E-state index >= 15 is 0 Å². The molecule has 2 aromatic rings. The van der Waals surface area contributed by atoms with E-state index in [-0.39, 0.29) is 18.4 Å². The summed E-state index contributed by atoms with van der Waals surface area (Å²) in [6, 6.07) is 8.30. The van der Waals surface area contributed by atoms with Crippen molar-refractivity contribution >= 4 is 23.2 Å². The first kappa shape index (κ1) is 20.9. The van der Waals surface area contributed by atoms with Gasteiger partial charge in [-0.2, -0.15) is 13.2 Å². The molecule has 1 N–H and O–H groups in total. The van der Waals surface area contributed by atoms with Crippen molar-refractivity contribution in [3.05, 3.63) is 57.8 Å². The summed E-state index contributed by atoms with van der Waals surface area (Å²) in [6.07, 6.45) is -3.37. The molecule has 4 rings (SSSR count). The fourth-order valence-electron chi connectivity index (χ4n) is 4.30. The second-order valence-electron chi connectivity index (χ2n) is 7.79. The molecule has 1 spiro atoms. The molecule has 2 amide bonds. The SMILES string of the molecule is CC1NC2(CCN(C(=O)c3cccs3)CC2)N(Cc2cccc(C(F)(F)F)c2)C1=O. The van der Waals surface area contributed by atoms with E-state index in [1.54, 1.807) is 28.9 Å². The number of halogens is 3. The number of amides is 2. The van der Waals surface area contributed by atoms with E-state index < -0.39 is 23.4 Å². The van der Waals surface area contributed by atoms with Crippen molar-refractivity contribution in [3.63, 3.8) is 0 Å². The van der Waals surface area contributed by atoms with Gasteiger partial charge in [-0.05, 0) is 36.1 Å². The molecule has 2 saturated heterocycles. The standard InChI is InChI=1S/C21H22F3N3O2S/c1-14-18(28)27(13-15-4-2-5-16(12-15)21(22,23)24)20(25-14)7-9-26(10-8-20)19(29)17-6-3-11-30-17/h2-6,11-12,14,25H,7-10,13H2,1H3. The molecule has 160 valence electrons. The van der Waals surface area contributed by atoms with Gasteiger partial charge in [0.25, 0.3) is 5.91 Å². The number of nitrogens with one attached hydrogen (secondary N) is 1. The molecular formula is C21H22F3N3O2S. The van der Waals surface area contributed by atoms with Crippen molar-refractivity contribution in [2.45, 2.75) is 44.2 Å². The number of likely N-dealkylation sites (tertiary alicyclic amines) is 1. The first-order valence-corrected chi connectivity index (χ1v) is 10.7. The Hall–Kier alpha value is -2.39. The van der Waals surface area contributed by atoms with Gasteiger partial charge in [-0.25, -0.2) is 0 Å². The summed E-state index contributed by atoms with van der Waals surface area (Å²) in [5, 5.41) is 5.20. The molecule has 1 unspecified atom stereocenters. The zero-order valence-electron chi connectivity index (χ0n) is 16.4. The lowest BCUT2D eigenvalue weighted by Crippen LogP contribution is -2.59. The molecular weight excluding hydrogens is 415 g/mol. The van der Waals surface area contributed by atoms with Gasteiger partial charge < -0.3 is 9.80 Å². The molecule has 2 fully saturated rings. The maximum absolute atomic E-state index is 13.1. The van der Waals surface area contributed by atoms with Crippen LogP contribution in [0.25, 0.3) is 0 Å². The number of rotatable bonds is 3. The predicted molar refractivity (Wildman–Crippen MR) is 107 cm³/mol. The summed E-state index contributed by atoms with van der Waals surface area (Å²) in [5.74, 6) is -0.160. The molecule has 2 aliphatic rings. The summed E-state index contributed by atoms with van der Waals surface area (Å²) < 4.78 is 39.2. The summed E-state index contributed by atoms with van der Waals surface area (Å²) in [6.45, 7) is 2.81. The van der Waals surface area contributed by atoms with Gasteiger partial charge in [0.15, 0.2) is 0 Å². The third-order valence-corrected chi connectivity index (χ3v) is 6.70. The monoisotopic (exact) mass is 437 g/mol. The zero-order valence-corrected chi connectivity index (χ0v) is 17.2. The molecule has 0 aliphatic carbocycles. The van der Waals surface area contributed by atoms with E-state index in [1.165, 1.54) is 17.4 Å². The van der Waals surface area contributed by atoms with Gasteiger partial charge >= 0.3 is 6.18 Å². The van der Waals surface area contributed by atoms with Gasteiger partial charge in [0.05, 0.1) is 22.1 Å². The molecule has 1 atom stereocenters. The maximum atomic E-state index is 13.1. The quantitative estimate of drug-likeness (QED) is 0.797. The van der Waals surface area contributed by atoms with E-state index in [9.17, 15) is 22.8 Å². The number of hydrogen-bond donors (Lipinski definition) is 1. The topological polar surface area (TPSA) is 52.7 Å². The number of piperidine rings is 1. The Balaban J connectivity index is 1.52. The number of nitrogens with zero attached hydrogens (tertiary/aromatic N) is 2. The lowest BCUT2D eigenvalue weighted by molar-refractivity contribution is -0.137. The Kier molecular flexibility index (Phi) is 5.36. The summed E-state index contributed by atoms with van der Waals surface area (Å²) >= 11 is 1.39. The number of alkyl halides is 3. The third kappa shape index (κ3) is 3.83. The average Bonchev–Trinajstić information content (AvgIpc) is 3.32. The first-order chi connectivity index (χ1) is 14.2. The minimum absolute atomic E-state index is 0.0262. The van der Waals surface area contributed by atoms with Gasteiger partial charge in [0.1, 0.15) is 0 Å². The van der Waals surface area contributed by atoms with E-state index in [1.807, 2.05) is 11.4 Å². The molecule has 0 radical (unpaired) electrons. The molecule has 9 heteroatoms. The number of thiophene rings is 1. The van der Waals surface area contributed by atoms with Gasteiger partial charge in [0.2, 0.25) is 5.91 Å². The van der Waals surface area contributed by atoms with Crippen molar-refractivity contribution < 1.29 is 22.8 Å². The molecule has 5 nitrogen and oxygen atoms in total. The van der Waals surface area contributed by atoms with E-state index in [2.05, 4.69) is 5.32 Å². The van der Waals surface area contributed by atoms with Crippen molar-refractivity contribution in [1.29, 1.82) is 0 Å². The van der Waals surface area contributed by atoms with E-state index in [0.29, 0.717) is 36.4 Å². The highest BCUT2D eigenvalue weighted by atomic mass is 32.1. The normalized spacial score (nSPS) is 21.5. The number of carbonyl (C=O) groups excluding carboxylic acids is 2.